The molecule has 0 aliphatic heterocycles. The molecule has 0 aliphatic rings. The lowest BCUT2D eigenvalue weighted by atomic mass is 10.2. The molecule has 0 aliphatic carbocycles. The maximum atomic E-state index is 13.1. The van der Waals surface area contributed by atoms with E-state index in [4.69, 9.17) is 5.11 Å². The van der Waals surface area contributed by atoms with Crippen LogP contribution in [0.4, 0.5) is 4.39 Å². The van der Waals surface area contributed by atoms with Gasteiger partial charge < -0.3 is 10.2 Å². The van der Waals surface area contributed by atoms with Gasteiger partial charge in [-0.3, -0.25) is 9.36 Å². The summed E-state index contributed by atoms with van der Waals surface area (Å²) in [5.41, 5.74) is -0.963. The van der Waals surface area contributed by atoms with Crippen LogP contribution in [0.15, 0.2) is 39.6 Å². The van der Waals surface area contributed by atoms with Crippen LogP contribution in [-0.4, -0.2) is 20.7 Å². The second-order valence-corrected chi connectivity index (χ2v) is 4.53. The smallest absolute Gasteiger partial charge is 0.353 e. The van der Waals surface area contributed by atoms with E-state index >= 15 is 0 Å². The number of carboxylic acids is 1. The summed E-state index contributed by atoms with van der Waals surface area (Å²) < 4.78 is 14.1. The highest BCUT2D eigenvalue weighted by atomic mass is 79.9. The molecule has 5 nitrogen and oxygen atoms in total. The van der Waals surface area contributed by atoms with E-state index in [1.807, 2.05) is 0 Å². The van der Waals surface area contributed by atoms with Crippen LogP contribution in [0.2, 0.25) is 0 Å². The standard InChI is InChI=1S/C12H7BrFNO4/c13-8-3-6(1-2-9(8)14)15-10(12(18)19)4-7(16)5-11(15)17/h1-5,16H,(H,18,19). The van der Waals surface area contributed by atoms with Crippen molar-refractivity contribution in [2.45, 2.75) is 0 Å². The van der Waals surface area contributed by atoms with E-state index in [1.54, 1.807) is 0 Å². The Kier molecular flexibility index (Phi) is 3.39. The van der Waals surface area contributed by atoms with Crippen LogP contribution in [0.25, 0.3) is 5.69 Å². The predicted molar refractivity (Wildman–Crippen MR) is 68.3 cm³/mol. The SMILES string of the molecule is O=C(O)c1cc(O)cc(=O)n1-c1ccc(F)c(Br)c1. The second kappa shape index (κ2) is 4.85. The molecule has 0 radical (unpaired) electrons. The number of nitrogens with zero attached hydrogens (tertiary/aromatic N) is 1. The quantitative estimate of drug-likeness (QED) is 0.885. The number of aromatic hydroxyl groups is 1. The number of aromatic carboxylic acids is 1. The minimum Gasteiger partial charge on any atom is -0.508 e. The first-order chi connectivity index (χ1) is 8.90. The molecule has 2 rings (SSSR count). The highest BCUT2D eigenvalue weighted by Gasteiger charge is 2.15. The molecule has 98 valence electrons. The lowest BCUT2D eigenvalue weighted by molar-refractivity contribution is 0.0686. The van der Waals surface area contributed by atoms with E-state index < -0.39 is 28.8 Å². The van der Waals surface area contributed by atoms with Gasteiger partial charge in [-0.05, 0) is 34.1 Å². The largest absolute Gasteiger partial charge is 0.508 e. The molecule has 0 spiro atoms. The van der Waals surface area contributed by atoms with Crippen molar-refractivity contribution in [3.8, 4) is 11.4 Å². The molecule has 19 heavy (non-hydrogen) atoms. The van der Waals surface area contributed by atoms with Crippen LogP contribution in [0.5, 0.6) is 5.75 Å². The van der Waals surface area contributed by atoms with E-state index in [2.05, 4.69) is 15.9 Å². The lowest BCUT2D eigenvalue weighted by Gasteiger charge is -2.10. The third-order valence-corrected chi connectivity index (χ3v) is 3.01. The average Bonchev–Trinajstić information content (AvgIpc) is 2.32. The molecular weight excluding hydrogens is 321 g/mol. The number of carboxylic acid groups (broad SMARTS) is 1. The van der Waals surface area contributed by atoms with Gasteiger partial charge in [-0.1, -0.05) is 0 Å². The van der Waals surface area contributed by atoms with E-state index in [0.29, 0.717) is 0 Å². The van der Waals surface area contributed by atoms with E-state index in [0.717, 1.165) is 22.8 Å². The van der Waals surface area contributed by atoms with Crippen molar-refractivity contribution in [3.05, 3.63) is 56.7 Å². The summed E-state index contributed by atoms with van der Waals surface area (Å²) in [6.45, 7) is 0. The summed E-state index contributed by atoms with van der Waals surface area (Å²) in [4.78, 5) is 22.9. The number of aromatic nitrogens is 1. The van der Waals surface area contributed by atoms with E-state index in [9.17, 15) is 19.1 Å². The van der Waals surface area contributed by atoms with Crippen LogP contribution < -0.4 is 5.56 Å². The fourth-order valence-corrected chi connectivity index (χ4v) is 1.97. The number of halogens is 2. The van der Waals surface area contributed by atoms with Gasteiger partial charge in [0.15, 0.2) is 0 Å². The molecule has 0 amide bonds. The predicted octanol–water partition coefficient (Wildman–Crippen LogP) is 2.14. The Labute approximate surface area is 114 Å². The first-order valence-electron chi connectivity index (χ1n) is 5.05. The Hall–Kier alpha value is -2.15. The summed E-state index contributed by atoms with van der Waals surface area (Å²) in [6, 6.07) is 5.47. The Balaban J connectivity index is 2.77. The zero-order valence-electron chi connectivity index (χ0n) is 9.30. The fourth-order valence-electron chi connectivity index (χ4n) is 1.60. The zero-order chi connectivity index (χ0) is 14.2. The molecule has 7 heteroatoms. The zero-order valence-corrected chi connectivity index (χ0v) is 10.9. The molecular formula is C12H7BrFNO4. The number of rotatable bonds is 2. The number of carbonyl (C=O) groups is 1. The molecule has 0 atom stereocenters. The number of hydrogen-bond donors (Lipinski definition) is 2. The van der Waals surface area contributed by atoms with Crippen LogP contribution >= 0.6 is 15.9 Å². The van der Waals surface area contributed by atoms with E-state index in [-0.39, 0.29) is 10.2 Å². The third-order valence-electron chi connectivity index (χ3n) is 2.40. The van der Waals surface area contributed by atoms with Crippen LogP contribution in [-0.2, 0) is 0 Å². The molecule has 1 aromatic heterocycles. The van der Waals surface area contributed by atoms with Crippen molar-refractivity contribution in [1.82, 2.24) is 4.57 Å². The van der Waals surface area contributed by atoms with Crippen molar-refractivity contribution in [2.75, 3.05) is 0 Å². The minimum absolute atomic E-state index is 0.0984. The fraction of sp³-hybridized carbons (Fsp3) is 0. The van der Waals surface area contributed by atoms with Gasteiger partial charge in [0.1, 0.15) is 17.3 Å². The van der Waals surface area contributed by atoms with Gasteiger partial charge in [-0.2, -0.15) is 0 Å². The number of benzene rings is 1. The molecule has 2 aromatic rings. The van der Waals surface area contributed by atoms with Gasteiger partial charge in [0.05, 0.1) is 10.2 Å². The Morgan fingerprint density at radius 2 is 1.95 bits per heavy atom. The highest BCUT2D eigenvalue weighted by molar-refractivity contribution is 9.10. The molecule has 0 saturated heterocycles. The van der Waals surface area contributed by atoms with Crippen molar-refractivity contribution in [3.63, 3.8) is 0 Å². The number of pyridine rings is 1. The van der Waals surface area contributed by atoms with Crippen LogP contribution in [0, 0.1) is 5.82 Å². The van der Waals surface area contributed by atoms with Crippen molar-refractivity contribution in [2.24, 2.45) is 0 Å². The van der Waals surface area contributed by atoms with E-state index in [1.165, 1.54) is 12.1 Å². The van der Waals surface area contributed by atoms with Gasteiger partial charge >= 0.3 is 5.97 Å². The molecule has 0 saturated carbocycles. The van der Waals surface area contributed by atoms with Crippen molar-refractivity contribution in [1.29, 1.82) is 0 Å². The van der Waals surface area contributed by atoms with Crippen LogP contribution in [0.3, 0.4) is 0 Å². The topological polar surface area (TPSA) is 79.5 Å². The summed E-state index contributed by atoms with van der Waals surface area (Å²) >= 11 is 2.96. The highest BCUT2D eigenvalue weighted by Crippen LogP contribution is 2.20. The second-order valence-electron chi connectivity index (χ2n) is 3.68. The van der Waals surface area contributed by atoms with Crippen molar-refractivity contribution < 1.29 is 19.4 Å². The summed E-state index contributed by atoms with van der Waals surface area (Å²) in [5.74, 6) is -2.36. The van der Waals surface area contributed by atoms with Gasteiger partial charge in [-0.15, -0.1) is 0 Å². The molecule has 0 bridgehead atoms. The summed E-state index contributed by atoms with van der Waals surface area (Å²) in [6.07, 6.45) is 0. The minimum atomic E-state index is -1.38. The maximum absolute atomic E-state index is 13.1. The number of hydrogen-bond acceptors (Lipinski definition) is 3. The normalized spacial score (nSPS) is 10.4. The average molecular weight is 328 g/mol. The monoisotopic (exact) mass is 327 g/mol. The first-order valence-corrected chi connectivity index (χ1v) is 5.84. The summed E-state index contributed by atoms with van der Waals surface area (Å²) in [5, 5.41) is 18.3. The molecule has 0 unspecified atom stereocenters. The summed E-state index contributed by atoms with van der Waals surface area (Å²) in [7, 11) is 0. The Morgan fingerprint density at radius 3 is 2.53 bits per heavy atom. The molecule has 2 N–H and O–H groups in total. The lowest BCUT2D eigenvalue weighted by Crippen LogP contribution is -2.23. The third kappa shape index (κ3) is 2.50. The van der Waals surface area contributed by atoms with Gasteiger partial charge in [0.2, 0.25) is 0 Å². The molecule has 1 heterocycles. The first kappa shape index (κ1) is 13.3. The van der Waals surface area contributed by atoms with Gasteiger partial charge in [-0.25, -0.2) is 9.18 Å². The van der Waals surface area contributed by atoms with Gasteiger partial charge in [0, 0.05) is 12.1 Å². The molecule has 1 aromatic carbocycles. The molecule has 0 fully saturated rings. The van der Waals surface area contributed by atoms with Crippen molar-refractivity contribution >= 4 is 21.9 Å². The van der Waals surface area contributed by atoms with Gasteiger partial charge in [0.25, 0.3) is 5.56 Å². The maximum Gasteiger partial charge on any atom is 0.353 e. The van der Waals surface area contributed by atoms with Crippen LogP contribution in [0.1, 0.15) is 10.5 Å². The Morgan fingerprint density at radius 1 is 1.26 bits per heavy atom. The Bertz CT molecular complexity index is 726.